The highest BCUT2D eigenvalue weighted by molar-refractivity contribution is 4.37. The normalized spacial score (nSPS) is 10.2. The van der Waals surface area contributed by atoms with Gasteiger partial charge in [0.25, 0.3) is 0 Å². The topological polar surface area (TPSA) is 23.3 Å². The predicted molar refractivity (Wildman–Crippen MR) is 42.8 cm³/mol. The predicted octanol–water partition coefficient (Wildman–Crippen LogP) is 2.12. The first-order chi connectivity index (χ1) is 4.91. The summed E-state index contributed by atoms with van der Waals surface area (Å²) in [4.78, 5) is 4.95. The van der Waals surface area contributed by atoms with Gasteiger partial charge in [-0.3, -0.25) is 4.84 Å². The number of nitrogens with zero attached hydrogens (tertiary/aromatic N) is 1. The highest BCUT2D eigenvalue weighted by Gasteiger charge is 1.87. The van der Waals surface area contributed by atoms with E-state index in [2.05, 4.69) is 12.4 Å². The van der Waals surface area contributed by atoms with Crippen LogP contribution in [0.25, 0.3) is 0 Å². The van der Waals surface area contributed by atoms with Crippen molar-refractivity contribution in [3.05, 3.63) is 0 Å². The average Bonchev–Trinajstić information content (AvgIpc) is 1.97. The van der Waals surface area contributed by atoms with Gasteiger partial charge in [0.1, 0.15) is 0 Å². The number of hydrogen-bond acceptors (Lipinski definition) is 1. The molecular formula is C8H18NO. The summed E-state index contributed by atoms with van der Waals surface area (Å²) in [7, 11) is 0. The Morgan fingerprint density at radius 3 is 2.50 bits per heavy atom. The summed E-state index contributed by atoms with van der Waals surface area (Å²) in [6.45, 7) is 5.75. The first-order valence-electron chi connectivity index (χ1n) is 4.20. The number of hydrogen-bond donors (Lipinski definition) is 0. The molecular weight excluding hydrogens is 126 g/mol. The lowest BCUT2D eigenvalue weighted by atomic mass is 10.2. The van der Waals surface area contributed by atoms with Crippen LogP contribution in [0, 0.1) is 0 Å². The van der Waals surface area contributed by atoms with Crippen LogP contribution in [0.3, 0.4) is 0 Å². The Labute approximate surface area is 63.9 Å². The zero-order valence-corrected chi connectivity index (χ0v) is 7.10. The van der Waals surface area contributed by atoms with Crippen molar-refractivity contribution >= 4 is 0 Å². The molecule has 0 aliphatic rings. The molecule has 2 nitrogen and oxygen atoms in total. The zero-order chi connectivity index (χ0) is 7.66. The molecule has 0 aromatic carbocycles. The molecule has 0 N–H and O–H groups in total. The average molecular weight is 144 g/mol. The van der Waals surface area contributed by atoms with E-state index in [1.807, 2.05) is 6.92 Å². The second kappa shape index (κ2) is 8.92. The summed E-state index contributed by atoms with van der Waals surface area (Å²) >= 11 is 0. The maximum atomic E-state index is 4.95. The molecule has 0 saturated heterocycles. The minimum atomic E-state index is 0.772. The number of rotatable bonds is 7. The summed E-state index contributed by atoms with van der Waals surface area (Å²) in [6, 6.07) is 0. The third-order valence-corrected chi connectivity index (χ3v) is 1.31. The van der Waals surface area contributed by atoms with Crippen LogP contribution in [0.1, 0.15) is 39.5 Å². The molecule has 0 bridgehead atoms. The SMILES string of the molecule is CCCCCCO[N]CC. The van der Waals surface area contributed by atoms with Crippen molar-refractivity contribution in [2.24, 2.45) is 0 Å². The van der Waals surface area contributed by atoms with Crippen LogP contribution in [0.5, 0.6) is 0 Å². The Bertz CT molecular complexity index is 49.2. The van der Waals surface area contributed by atoms with Crippen molar-refractivity contribution in [3.8, 4) is 0 Å². The fourth-order valence-electron chi connectivity index (χ4n) is 0.749. The van der Waals surface area contributed by atoms with E-state index >= 15 is 0 Å². The monoisotopic (exact) mass is 144 g/mol. The van der Waals surface area contributed by atoms with E-state index < -0.39 is 0 Å². The largest absolute Gasteiger partial charge is 0.282 e. The van der Waals surface area contributed by atoms with E-state index in [-0.39, 0.29) is 0 Å². The molecule has 61 valence electrons. The van der Waals surface area contributed by atoms with Crippen molar-refractivity contribution in [3.63, 3.8) is 0 Å². The number of unbranched alkanes of at least 4 members (excludes halogenated alkanes) is 3. The molecule has 0 spiro atoms. The maximum Gasteiger partial charge on any atom is 0.0702 e. The quantitative estimate of drug-likeness (QED) is 0.396. The summed E-state index contributed by atoms with van der Waals surface area (Å²) in [5.74, 6) is 0. The molecule has 0 saturated carbocycles. The molecule has 2 heteroatoms. The van der Waals surface area contributed by atoms with E-state index in [0.717, 1.165) is 19.6 Å². The minimum absolute atomic E-state index is 0.772. The number of hydroxylamine groups is 1. The van der Waals surface area contributed by atoms with Gasteiger partial charge in [0.2, 0.25) is 0 Å². The molecule has 0 unspecified atom stereocenters. The molecule has 0 heterocycles. The van der Waals surface area contributed by atoms with Crippen molar-refractivity contribution in [2.75, 3.05) is 13.2 Å². The Morgan fingerprint density at radius 1 is 1.10 bits per heavy atom. The Balaban J connectivity index is 2.65. The van der Waals surface area contributed by atoms with Crippen molar-refractivity contribution in [1.82, 2.24) is 5.48 Å². The fourth-order valence-corrected chi connectivity index (χ4v) is 0.749. The highest BCUT2D eigenvalue weighted by Crippen LogP contribution is 1.97. The molecule has 0 fully saturated rings. The lowest BCUT2D eigenvalue weighted by Gasteiger charge is -1.99. The van der Waals surface area contributed by atoms with E-state index in [9.17, 15) is 0 Å². The van der Waals surface area contributed by atoms with Gasteiger partial charge in [-0.2, -0.15) is 0 Å². The molecule has 0 atom stereocenters. The van der Waals surface area contributed by atoms with Gasteiger partial charge in [0, 0.05) is 6.54 Å². The standard InChI is InChI=1S/C8H18NO/c1-3-5-6-7-8-10-9-4-2/h3-8H2,1-2H3. The molecule has 0 aliphatic heterocycles. The minimum Gasteiger partial charge on any atom is -0.282 e. The Morgan fingerprint density at radius 2 is 1.90 bits per heavy atom. The van der Waals surface area contributed by atoms with Crippen molar-refractivity contribution in [2.45, 2.75) is 39.5 Å². The van der Waals surface area contributed by atoms with E-state index in [0.29, 0.717) is 0 Å². The van der Waals surface area contributed by atoms with E-state index in [1.165, 1.54) is 19.3 Å². The summed E-state index contributed by atoms with van der Waals surface area (Å²) < 4.78 is 0. The summed E-state index contributed by atoms with van der Waals surface area (Å²) in [5.41, 5.74) is 3.77. The summed E-state index contributed by atoms with van der Waals surface area (Å²) in [5, 5.41) is 0. The van der Waals surface area contributed by atoms with Gasteiger partial charge in [0.05, 0.1) is 6.61 Å². The zero-order valence-electron chi connectivity index (χ0n) is 7.10. The van der Waals surface area contributed by atoms with Crippen molar-refractivity contribution < 1.29 is 4.84 Å². The van der Waals surface area contributed by atoms with Crippen LogP contribution in [0.4, 0.5) is 0 Å². The molecule has 0 aromatic heterocycles. The fraction of sp³-hybridized carbons (Fsp3) is 1.00. The first-order valence-corrected chi connectivity index (χ1v) is 4.20. The lowest BCUT2D eigenvalue weighted by molar-refractivity contribution is 0.0339. The smallest absolute Gasteiger partial charge is 0.0702 e. The summed E-state index contributed by atoms with van der Waals surface area (Å²) in [6.07, 6.45) is 5.02. The lowest BCUT2D eigenvalue weighted by Crippen LogP contribution is -2.05. The molecule has 0 aromatic rings. The Kier molecular flexibility index (Phi) is 8.85. The van der Waals surface area contributed by atoms with Gasteiger partial charge >= 0.3 is 0 Å². The van der Waals surface area contributed by atoms with Crippen LogP contribution >= 0.6 is 0 Å². The van der Waals surface area contributed by atoms with Gasteiger partial charge < -0.3 is 0 Å². The van der Waals surface area contributed by atoms with E-state index in [4.69, 9.17) is 4.84 Å². The van der Waals surface area contributed by atoms with Gasteiger partial charge in [-0.1, -0.05) is 31.7 Å². The second-order valence-corrected chi connectivity index (χ2v) is 2.34. The van der Waals surface area contributed by atoms with Gasteiger partial charge in [0.15, 0.2) is 0 Å². The Hall–Kier alpha value is -0.0800. The second-order valence-electron chi connectivity index (χ2n) is 2.34. The van der Waals surface area contributed by atoms with Gasteiger partial charge in [-0.15, -0.1) is 0 Å². The molecule has 1 radical (unpaired) electrons. The van der Waals surface area contributed by atoms with Gasteiger partial charge in [-0.25, -0.2) is 0 Å². The van der Waals surface area contributed by atoms with Crippen LogP contribution < -0.4 is 5.48 Å². The molecule has 10 heavy (non-hydrogen) atoms. The van der Waals surface area contributed by atoms with Gasteiger partial charge in [-0.05, 0) is 13.3 Å². The third kappa shape index (κ3) is 7.92. The third-order valence-electron chi connectivity index (χ3n) is 1.31. The molecule has 0 rings (SSSR count). The molecule has 0 aliphatic carbocycles. The first kappa shape index (κ1) is 9.92. The molecule has 0 amide bonds. The highest BCUT2D eigenvalue weighted by atomic mass is 16.6. The van der Waals surface area contributed by atoms with Crippen LogP contribution in [0.2, 0.25) is 0 Å². The van der Waals surface area contributed by atoms with Crippen LogP contribution in [-0.4, -0.2) is 13.2 Å². The maximum absolute atomic E-state index is 4.95. The van der Waals surface area contributed by atoms with Crippen molar-refractivity contribution in [1.29, 1.82) is 0 Å². The van der Waals surface area contributed by atoms with Crippen LogP contribution in [0.15, 0.2) is 0 Å². The van der Waals surface area contributed by atoms with Crippen LogP contribution in [-0.2, 0) is 4.84 Å². The van der Waals surface area contributed by atoms with E-state index in [1.54, 1.807) is 0 Å².